The van der Waals surface area contributed by atoms with Crippen molar-refractivity contribution in [2.24, 2.45) is 0 Å². The van der Waals surface area contributed by atoms with Gasteiger partial charge in [-0.25, -0.2) is 0 Å². The van der Waals surface area contributed by atoms with Crippen molar-refractivity contribution in [3.8, 4) is 0 Å². The maximum atomic E-state index is 11.9. The lowest BCUT2D eigenvalue weighted by Gasteiger charge is -2.12. The molecular formula is C16H20N2O4. The van der Waals surface area contributed by atoms with E-state index in [0.717, 1.165) is 25.7 Å². The molecule has 6 nitrogen and oxygen atoms in total. The van der Waals surface area contributed by atoms with E-state index in [1.165, 1.54) is 0 Å². The number of rotatable bonds is 4. The SMILES string of the molecule is O=C(Nc1ccc(NC(=O)[C@@H]2CCCO2)cc1)[C@@H]1CCCO1. The Labute approximate surface area is 129 Å². The van der Waals surface area contributed by atoms with Crippen LogP contribution in [0, 0.1) is 0 Å². The fourth-order valence-corrected chi connectivity index (χ4v) is 2.65. The van der Waals surface area contributed by atoms with Crippen molar-refractivity contribution in [1.82, 2.24) is 0 Å². The van der Waals surface area contributed by atoms with Crippen LogP contribution in [0.3, 0.4) is 0 Å². The van der Waals surface area contributed by atoms with Crippen LogP contribution >= 0.6 is 0 Å². The van der Waals surface area contributed by atoms with Crippen molar-refractivity contribution in [2.75, 3.05) is 23.8 Å². The molecule has 2 aliphatic heterocycles. The summed E-state index contributed by atoms with van der Waals surface area (Å²) in [5.74, 6) is -0.234. The van der Waals surface area contributed by atoms with E-state index < -0.39 is 0 Å². The standard InChI is InChI=1S/C16H20N2O4/c19-15(13-3-1-9-21-13)17-11-5-7-12(8-6-11)18-16(20)14-4-2-10-22-14/h5-8,13-14H,1-4,9-10H2,(H,17,19)(H,18,20)/t13-,14-/m0/s1. The smallest absolute Gasteiger partial charge is 0.253 e. The molecule has 2 atom stereocenters. The molecule has 2 fully saturated rings. The lowest BCUT2D eigenvalue weighted by atomic mass is 10.2. The average Bonchev–Trinajstić information content (AvgIpc) is 3.23. The Bertz CT molecular complexity index is 483. The molecule has 0 radical (unpaired) electrons. The Balaban J connectivity index is 1.53. The summed E-state index contributed by atoms with van der Waals surface area (Å²) in [6, 6.07) is 7.05. The number of anilines is 2. The average molecular weight is 304 g/mol. The van der Waals surface area contributed by atoms with Crippen molar-refractivity contribution in [1.29, 1.82) is 0 Å². The second-order valence-electron chi connectivity index (χ2n) is 5.56. The van der Waals surface area contributed by atoms with Crippen molar-refractivity contribution in [2.45, 2.75) is 37.9 Å². The molecule has 1 aromatic carbocycles. The Hall–Kier alpha value is -1.92. The third-order valence-electron chi connectivity index (χ3n) is 3.86. The molecule has 6 heteroatoms. The summed E-state index contributed by atoms with van der Waals surface area (Å²) >= 11 is 0. The second kappa shape index (κ2) is 6.89. The topological polar surface area (TPSA) is 76.7 Å². The van der Waals surface area contributed by atoms with Crippen molar-refractivity contribution in [3.05, 3.63) is 24.3 Å². The normalized spacial score (nSPS) is 24.2. The van der Waals surface area contributed by atoms with Gasteiger partial charge in [0.05, 0.1) is 0 Å². The van der Waals surface area contributed by atoms with E-state index in [1.807, 2.05) is 0 Å². The van der Waals surface area contributed by atoms with E-state index in [1.54, 1.807) is 24.3 Å². The first-order chi connectivity index (χ1) is 10.7. The summed E-state index contributed by atoms with van der Waals surface area (Å²) in [5, 5.41) is 5.64. The third-order valence-corrected chi connectivity index (χ3v) is 3.86. The molecule has 118 valence electrons. The number of hydrogen-bond acceptors (Lipinski definition) is 4. The first kappa shape index (κ1) is 15.0. The lowest BCUT2D eigenvalue weighted by molar-refractivity contribution is -0.125. The highest BCUT2D eigenvalue weighted by molar-refractivity contribution is 5.96. The van der Waals surface area contributed by atoms with E-state index >= 15 is 0 Å². The molecule has 0 aliphatic carbocycles. The fraction of sp³-hybridized carbons (Fsp3) is 0.500. The van der Waals surface area contributed by atoms with E-state index in [2.05, 4.69) is 10.6 Å². The van der Waals surface area contributed by atoms with Crippen LogP contribution in [0.15, 0.2) is 24.3 Å². The number of carbonyl (C=O) groups is 2. The maximum absolute atomic E-state index is 11.9. The molecule has 2 aliphatic rings. The van der Waals surface area contributed by atoms with Crippen LogP contribution < -0.4 is 10.6 Å². The number of benzene rings is 1. The summed E-state index contributed by atoms with van der Waals surface area (Å²) in [5.41, 5.74) is 1.38. The zero-order valence-corrected chi connectivity index (χ0v) is 12.3. The number of nitrogens with one attached hydrogen (secondary N) is 2. The number of amides is 2. The van der Waals surface area contributed by atoms with Gasteiger partial charge in [0.25, 0.3) is 11.8 Å². The molecule has 2 saturated heterocycles. The predicted molar refractivity (Wildman–Crippen MR) is 81.6 cm³/mol. The monoisotopic (exact) mass is 304 g/mol. The highest BCUT2D eigenvalue weighted by Gasteiger charge is 2.24. The minimum Gasteiger partial charge on any atom is -0.368 e. The quantitative estimate of drug-likeness (QED) is 0.891. The van der Waals surface area contributed by atoms with Gasteiger partial charge in [-0.05, 0) is 49.9 Å². The maximum Gasteiger partial charge on any atom is 0.253 e. The van der Waals surface area contributed by atoms with Crippen molar-refractivity contribution < 1.29 is 19.1 Å². The van der Waals surface area contributed by atoms with Crippen LogP contribution in [-0.2, 0) is 19.1 Å². The molecular weight excluding hydrogens is 284 g/mol. The molecule has 22 heavy (non-hydrogen) atoms. The van der Waals surface area contributed by atoms with Crippen LogP contribution in [0.25, 0.3) is 0 Å². The van der Waals surface area contributed by atoms with Gasteiger partial charge in [-0.3, -0.25) is 9.59 Å². The number of hydrogen-bond donors (Lipinski definition) is 2. The first-order valence-corrected chi connectivity index (χ1v) is 7.67. The summed E-state index contributed by atoms with van der Waals surface area (Å²) < 4.78 is 10.7. The number of carbonyl (C=O) groups excluding carboxylic acids is 2. The van der Waals surface area contributed by atoms with Gasteiger partial charge in [0.2, 0.25) is 0 Å². The van der Waals surface area contributed by atoms with Gasteiger partial charge < -0.3 is 20.1 Å². The fourth-order valence-electron chi connectivity index (χ4n) is 2.65. The van der Waals surface area contributed by atoms with Gasteiger partial charge in [-0.1, -0.05) is 0 Å². The van der Waals surface area contributed by atoms with Gasteiger partial charge >= 0.3 is 0 Å². The third kappa shape index (κ3) is 3.64. The Morgan fingerprint density at radius 2 is 1.23 bits per heavy atom. The Kier molecular flexibility index (Phi) is 4.70. The molecule has 2 N–H and O–H groups in total. The summed E-state index contributed by atoms with van der Waals surface area (Å²) in [7, 11) is 0. The van der Waals surface area contributed by atoms with Crippen LogP contribution in [0.1, 0.15) is 25.7 Å². The predicted octanol–water partition coefficient (Wildman–Crippen LogP) is 1.92. The minimum atomic E-state index is -0.348. The van der Waals surface area contributed by atoms with E-state index in [4.69, 9.17) is 9.47 Å². The zero-order valence-electron chi connectivity index (χ0n) is 12.3. The molecule has 0 spiro atoms. The van der Waals surface area contributed by atoms with E-state index in [-0.39, 0.29) is 24.0 Å². The van der Waals surface area contributed by atoms with Crippen LogP contribution in [0.5, 0.6) is 0 Å². The summed E-state index contributed by atoms with van der Waals surface area (Å²) in [4.78, 5) is 23.9. The van der Waals surface area contributed by atoms with Crippen molar-refractivity contribution in [3.63, 3.8) is 0 Å². The highest BCUT2D eigenvalue weighted by atomic mass is 16.5. The van der Waals surface area contributed by atoms with Crippen LogP contribution in [0.4, 0.5) is 11.4 Å². The Morgan fingerprint density at radius 3 is 1.55 bits per heavy atom. The number of ether oxygens (including phenoxy) is 2. The van der Waals surface area contributed by atoms with Crippen LogP contribution in [-0.4, -0.2) is 37.2 Å². The zero-order chi connectivity index (χ0) is 15.4. The molecule has 0 unspecified atom stereocenters. The van der Waals surface area contributed by atoms with E-state index in [9.17, 15) is 9.59 Å². The molecule has 2 heterocycles. The molecule has 0 bridgehead atoms. The molecule has 3 rings (SSSR count). The Morgan fingerprint density at radius 1 is 0.818 bits per heavy atom. The van der Waals surface area contributed by atoms with E-state index in [0.29, 0.717) is 24.6 Å². The van der Waals surface area contributed by atoms with Gasteiger partial charge in [0.15, 0.2) is 0 Å². The lowest BCUT2D eigenvalue weighted by Crippen LogP contribution is -2.27. The van der Waals surface area contributed by atoms with Gasteiger partial charge in [-0.15, -0.1) is 0 Å². The highest BCUT2D eigenvalue weighted by Crippen LogP contribution is 2.19. The molecule has 0 saturated carbocycles. The van der Waals surface area contributed by atoms with Crippen LogP contribution in [0.2, 0.25) is 0 Å². The molecule has 2 amide bonds. The first-order valence-electron chi connectivity index (χ1n) is 7.67. The van der Waals surface area contributed by atoms with Gasteiger partial charge in [0.1, 0.15) is 12.2 Å². The summed E-state index contributed by atoms with van der Waals surface area (Å²) in [6.07, 6.45) is 2.68. The summed E-state index contributed by atoms with van der Waals surface area (Å²) in [6.45, 7) is 1.29. The van der Waals surface area contributed by atoms with Crippen molar-refractivity contribution >= 4 is 23.2 Å². The molecule has 1 aromatic rings. The van der Waals surface area contributed by atoms with Gasteiger partial charge in [0, 0.05) is 24.6 Å². The van der Waals surface area contributed by atoms with Gasteiger partial charge in [-0.2, -0.15) is 0 Å². The second-order valence-corrected chi connectivity index (χ2v) is 5.56. The largest absolute Gasteiger partial charge is 0.368 e. The molecule has 0 aromatic heterocycles. The minimum absolute atomic E-state index is 0.117.